The summed E-state index contributed by atoms with van der Waals surface area (Å²) in [5.41, 5.74) is 5.80. The third-order valence-corrected chi connectivity index (χ3v) is 3.30. The number of hydrogen-bond donors (Lipinski definition) is 2. The summed E-state index contributed by atoms with van der Waals surface area (Å²) < 4.78 is 12.6. The molecule has 114 valence electrons. The van der Waals surface area contributed by atoms with E-state index in [0.717, 1.165) is 22.6 Å². The molecule has 0 bridgehead atoms. The van der Waals surface area contributed by atoms with Gasteiger partial charge in [0.25, 0.3) is 0 Å². The van der Waals surface area contributed by atoms with Crippen LogP contribution < -0.4 is 16.0 Å². The number of methoxy groups -OCH3 is 1. The van der Waals surface area contributed by atoms with Gasteiger partial charge in [-0.15, -0.1) is 0 Å². The van der Waals surface area contributed by atoms with Gasteiger partial charge >= 0.3 is 0 Å². The maximum atomic E-state index is 5.78. The van der Waals surface area contributed by atoms with Crippen molar-refractivity contribution in [3.8, 4) is 5.75 Å². The Morgan fingerprint density at radius 3 is 2.67 bits per heavy atom. The molecule has 0 fully saturated rings. The van der Waals surface area contributed by atoms with Crippen LogP contribution in [0.2, 0.25) is 0 Å². The van der Waals surface area contributed by atoms with Gasteiger partial charge in [-0.1, -0.05) is 18.2 Å². The first kappa shape index (κ1) is 15.5. The summed E-state index contributed by atoms with van der Waals surface area (Å²) in [5.74, 6) is 6.56. The number of hydrogen-bond acceptors (Lipinski definition) is 5. The number of rotatable bonds is 7. The van der Waals surface area contributed by atoms with Gasteiger partial charge < -0.3 is 9.47 Å². The van der Waals surface area contributed by atoms with Crippen molar-refractivity contribution in [3.05, 3.63) is 47.3 Å². The highest BCUT2D eigenvalue weighted by Gasteiger charge is 2.20. The molecule has 1 aromatic heterocycles. The quantitative estimate of drug-likeness (QED) is 0.457. The first-order valence-corrected chi connectivity index (χ1v) is 6.84. The molecule has 1 unspecified atom stereocenters. The van der Waals surface area contributed by atoms with Crippen LogP contribution in [0.3, 0.4) is 0 Å². The standard InChI is InChI=1S/C15H22N4O2/c1-11-13(10-19(2)18-11)15(17-16)12-6-4-5-7-14(12)21-9-8-20-3/h4-7,10,15,17H,8-9,16H2,1-3H3. The van der Waals surface area contributed by atoms with E-state index >= 15 is 0 Å². The molecule has 0 spiro atoms. The smallest absolute Gasteiger partial charge is 0.124 e. The normalized spacial score (nSPS) is 12.4. The van der Waals surface area contributed by atoms with E-state index in [1.165, 1.54) is 0 Å². The van der Waals surface area contributed by atoms with Crippen LogP contribution in [0.5, 0.6) is 5.75 Å². The largest absolute Gasteiger partial charge is 0.491 e. The monoisotopic (exact) mass is 290 g/mol. The van der Waals surface area contributed by atoms with Crippen LogP contribution in [0.4, 0.5) is 0 Å². The summed E-state index contributed by atoms with van der Waals surface area (Å²) in [5, 5.41) is 4.37. The second-order valence-electron chi connectivity index (χ2n) is 4.82. The molecule has 3 N–H and O–H groups in total. The highest BCUT2D eigenvalue weighted by molar-refractivity contribution is 5.42. The van der Waals surface area contributed by atoms with E-state index in [9.17, 15) is 0 Å². The van der Waals surface area contributed by atoms with Gasteiger partial charge in [0, 0.05) is 31.5 Å². The highest BCUT2D eigenvalue weighted by atomic mass is 16.5. The third kappa shape index (κ3) is 3.60. The Kier molecular flexibility index (Phi) is 5.32. The van der Waals surface area contributed by atoms with Crippen LogP contribution in [0.1, 0.15) is 22.9 Å². The minimum absolute atomic E-state index is 0.169. The lowest BCUT2D eigenvalue weighted by molar-refractivity contribution is 0.145. The lowest BCUT2D eigenvalue weighted by Gasteiger charge is -2.19. The molecule has 6 nitrogen and oxygen atoms in total. The van der Waals surface area contributed by atoms with Crippen LogP contribution in [-0.2, 0) is 11.8 Å². The van der Waals surface area contributed by atoms with Crippen LogP contribution >= 0.6 is 0 Å². The molecule has 2 aromatic rings. The van der Waals surface area contributed by atoms with Crippen molar-refractivity contribution in [1.29, 1.82) is 0 Å². The summed E-state index contributed by atoms with van der Waals surface area (Å²) >= 11 is 0. The summed E-state index contributed by atoms with van der Waals surface area (Å²) in [6.45, 7) is 3.01. The van der Waals surface area contributed by atoms with E-state index in [4.69, 9.17) is 15.3 Å². The Hall–Kier alpha value is -1.89. The predicted octanol–water partition coefficient (Wildman–Crippen LogP) is 1.31. The fourth-order valence-corrected chi connectivity index (χ4v) is 2.33. The van der Waals surface area contributed by atoms with Crippen molar-refractivity contribution in [3.63, 3.8) is 0 Å². The van der Waals surface area contributed by atoms with E-state index in [2.05, 4.69) is 10.5 Å². The van der Waals surface area contributed by atoms with Crippen molar-refractivity contribution in [2.24, 2.45) is 12.9 Å². The molecule has 0 saturated heterocycles. The minimum atomic E-state index is -0.169. The molecular weight excluding hydrogens is 268 g/mol. The number of nitrogens with zero attached hydrogens (tertiary/aromatic N) is 2. The molecule has 1 heterocycles. The number of nitrogens with one attached hydrogen (secondary N) is 1. The van der Waals surface area contributed by atoms with Crippen molar-refractivity contribution in [1.82, 2.24) is 15.2 Å². The number of aryl methyl sites for hydroxylation is 2. The van der Waals surface area contributed by atoms with Crippen molar-refractivity contribution in [2.45, 2.75) is 13.0 Å². The van der Waals surface area contributed by atoms with Crippen LogP contribution in [0.15, 0.2) is 30.5 Å². The molecule has 0 aliphatic heterocycles. The maximum Gasteiger partial charge on any atom is 0.124 e. The number of aromatic nitrogens is 2. The van der Waals surface area contributed by atoms with Gasteiger partial charge in [-0.05, 0) is 13.0 Å². The van der Waals surface area contributed by atoms with E-state index in [0.29, 0.717) is 13.2 Å². The van der Waals surface area contributed by atoms with Gasteiger partial charge in [0.1, 0.15) is 12.4 Å². The molecule has 0 aliphatic carbocycles. The summed E-state index contributed by atoms with van der Waals surface area (Å²) in [6, 6.07) is 7.67. The molecule has 0 aliphatic rings. The molecule has 2 rings (SSSR count). The highest BCUT2D eigenvalue weighted by Crippen LogP contribution is 2.30. The molecule has 6 heteroatoms. The number of hydrazine groups is 1. The lowest BCUT2D eigenvalue weighted by Crippen LogP contribution is -2.29. The minimum Gasteiger partial charge on any atom is -0.491 e. The van der Waals surface area contributed by atoms with E-state index in [1.807, 2.05) is 44.4 Å². The van der Waals surface area contributed by atoms with E-state index in [-0.39, 0.29) is 6.04 Å². The predicted molar refractivity (Wildman–Crippen MR) is 80.9 cm³/mol. The average Bonchev–Trinajstić information content (AvgIpc) is 2.80. The fraction of sp³-hybridized carbons (Fsp3) is 0.400. The van der Waals surface area contributed by atoms with E-state index in [1.54, 1.807) is 11.8 Å². The first-order valence-electron chi connectivity index (χ1n) is 6.84. The molecule has 1 atom stereocenters. The average molecular weight is 290 g/mol. The zero-order valence-electron chi connectivity index (χ0n) is 12.7. The van der Waals surface area contributed by atoms with Crippen LogP contribution in [0, 0.1) is 6.92 Å². The van der Waals surface area contributed by atoms with Crippen molar-refractivity contribution < 1.29 is 9.47 Å². The third-order valence-electron chi connectivity index (χ3n) is 3.30. The Morgan fingerprint density at radius 2 is 2.05 bits per heavy atom. The molecule has 21 heavy (non-hydrogen) atoms. The Morgan fingerprint density at radius 1 is 1.29 bits per heavy atom. The van der Waals surface area contributed by atoms with Crippen molar-refractivity contribution >= 4 is 0 Å². The SMILES string of the molecule is COCCOc1ccccc1C(NN)c1cn(C)nc1C. The second-order valence-corrected chi connectivity index (χ2v) is 4.82. The molecule has 0 radical (unpaired) electrons. The van der Waals surface area contributed by atoms with Gasteiger partial charge in [-0.2, -0.15) is 5.10 Å². The molecule has 1 aromatic carbocycles. The van der Waals surface area contributed by atoms with Gasteiger partial charge in [-0.25, -0.2) is 5.43 Å². The second kappa shape index (κ2) is 7.21. The lowest BCUT2D eigenvalue weighted by atomic mass is 9.99. The topological polar surface area (TPSA) is 74.3 Å². The summed E-state index contributed by atoms with van der Waals surface area (Å²) in [7, 11) is 3.55. The number of nitrogens with two attached hydrogens (primary N) is 1. The van der Waals surface area contributed by atoms with Gasteiger partial charge in [0.05, 0.1) is 18.3 Å². The van der Waals surface area contributed by atoms with Crippen molar-refractivity contribution in [2.75, 3.05) is 20.3 Å². The van der Waals surface area contributed by atoms with E-state index < -0.39 is 0 Å². The number of ether oxygens (including phenoxy) is 2. The maximum absolute atomic E-state index is 5.78. The number of para-hydroxylation sites is 1. The zero-order chi connectivity index (χ0) is 15.2. The molecular formula is C15H22N4O2. The molecule has 0 amide bonds. The Balaban J connectivity index is 2.31. The zero-order valence-corrected chi connectivity index (χ0v) is 12.7. The number of benzene rings is 1. The molecule has 0 saturated carbocycles. The van der Waals surface area contributed by atoms with Gasteiger partial charge in [-0.3, -0.25) is 10.5 Å². The summed E-state index contributed by atoms with van der Waals surface area (Å²) in [6.07, 6.45) is 1.96. The van der Waals surface area contributed by atoms with Crippen LogP contribution in [-0.4, -0.2) is 30.1 Å². The van der Waals surface area contributed by atoms with Gasteiger partial charge in [0.15, 0.2) is 0 Å². The fourth-order valence-electron chi connectivity index (χ4n) is 2.33. The Bertz CT molecular complexity index is 583. The van der Waals surface area contributed by atoms with Gasteiger partial charge in [0.2, 0.25) is 0 Å². The first-order chi connectivity index (χ1) is 10.2. The Labute approximate surface area is 124 Å². The van der Waals surface area contributed by atoms with Crippen LogP contribution in [0.25, 0.3) is 0 Å². The summed E-state index contributed by atoms with van der Waals surface area (Å²) in [4.78, 5) is 0.